The van der Waals surface area contributed by atoms with Gasteiger partial charge in [-0.05, 0) is 55.9 Å². The molecule has 40 heavy (non-hydrogen) atoms. The highest BCUT2D eigenvalue weighted by molar-refractivity contribution is 7.89. The molecule has 0 bridgehead atoms. The van der Waals surface area contributed by atoms with E-state index in [9.17, 15) is 31.5 Å². The summed E-state index contributed by atoms with van der Waals surface area (Å²) in [7, 11) is -4.27. The number of carboxylic acids is 1. The third kappa shape index (κ3) is 6.44. The van der Waals surface area contributed by atoms with Gasteiger partial charge in [0.05, 0.1) is 29.9 Å². The number of benzene rings is 1. The van der Waals surface area contributed by atoms with Crippen LogP contribution >= 0.6 is 0 Å². The Labute approximate surface area is 229 Å². The van der Waals surface area contributed by atoms with Crippen molar-refractivity contribution in [1.29, 1.82) is 0 Å². The third-order valence-corrected chi connectivity index (χ3v) is 8.66. The normalized spacial score (nSPS) is 18.0. The molecule has 0 fully saturated rings. The number of pyridine rings is 1. The lowest BCUT2D eigenvalue weighted by Crippen LogP contribution is -2.37. The van der Waals surface area contributed by atoms with Crippen LogP contribution in [0.25, 0.3) is 0 Å². The van der Waals surface area contributed by atoms with Crippen LogP contribution < -0.4 is 4.74 Å². The van der Waals surface area contributed by atoms with E-state index >= 15 is 0 Å². The Bertz CT molecular complexity index is 1460. The van der Waals surface area contributed by atoms with Gasteiger partial charge in [0.1, 0.15) is 16.7 Å². The van der Waals surface area contributed by atoms with Gasteiger partial charge in [-0.3, -0.25) is 14.5 Å². The summed E-state index contributed by atoms with van der Waals surface area (Å²) in [4.78, 5) is 15.8. The Morgan fingerprint density at radius 1 is 1.25 bits per heavy atom. The van der Waals surface area contributed by atoms with Gasteiger partial charge in [0, 0.05) is 25.5 Å². The zero-order chi connectivity index (χ0) is 29.1. The number of hydrogen-bond acceptors (Lipinski definition) is 7. The fourth-order valence-corrected chi connectivity index (χ4v) is 6.17. The first kappa shape index (κ1) is 29.5. The van der Waals surface area contributed by atoms with Gasteiger partial charge in [-0.15, -0.1) is 5.10 Å². The number of carboxylic acid groups (broad SMARTS) is 1. The van der Waals surface area contributed by atoms with Crippen LogP contribution in [-0.4, -0.2) is 56.4 Å². The van der Waals surface area contributed by atoms with Crippen molar-refractivity contribution in [3.8, 4) is 5.75 Å². The van der Waals surface area contributed by atoms with Gasteiger partial charge in [0.2, 0.25) is 10.0 Å². The second-order valence-corrected chi connectivity index (χ2v) is 11.4. The average molecular weight is 582 g/mol. The molecule has 0 spiro atoms. The molecule has 0 amide bonds. The summed E-state index contributed by atoms with van der Waals surface area (Å²) in [5, 5.41) is 17.9. The van der Waals surface area contributed by atoms with E-state index in [0.717, 1.165) is 28.7 Å². The molecule has 0 aliphatic carbocycles. The average Bonchev–Trinajstić information content (AvgIpc) is 3.33. The first-order valence-electron chi connectivity index (χ1n) is 12.9. The smallest absolute Gasteiger partial charge is 0.416 e. The summed E-state index contributed by atoms with van der Waals surface area (Å²) in [6.07, 6.45) is 0.274. The molecule has 1 aromatic carbocycles. The van der Waals surface area contributed by atoms with Gasteiger partial charge >= 0.3 is 12.1 Å². The first-order valence-corrected chi connectivity index (χ1v) is 14.3. The quantitative estimate of drug-likeness (QED) is 0.376. The minimum Gasteiger partial charge on any atom is -0.488 e. The number of ether oxygens (including phenoxy) is 1. The number of aliphatic carboxylic acids is 1. The predicted molar refractivity (Wildman–Crippen MR) is 137 cm³/mol. The monoisotopic (exact) mass is 581 g/mol. The van der Waals surface area contributed by atoms with Gasteiger partial charge in [0.25, 0.3) is 0 Å². The van der Waals surface area contributed by atoms with Gasteiger partial charge in [-0.25, -0.2) is 8.42 Å². The SMILES string of the molecule is CC[C@@H]1CN(Cc2cc(C(CCCc3cn(CC)nn3)C(=O)O)ccc2C(F)(F)F)S(=O)(=O)c2cnccc2O1. The van der Waals surface area contributed by atoms with Crippen LogP contribution in [0.5, 0.6) is 5.75 Å². The standard InChI is InChI=1S/C26H30F3N5O5S/c1-3-20-16-34(40(37,38)24-13-30-11-10-23(24)39-20)14-18-12-17(8-9-22(18)26(27,28)29)21(25(35)36)7-5-6-19-15-33(4-2)32-31-19/h8-13,15,20-21H,3-7,14,16H2,1-2H3,(H,35,36)/t20-,21?/m1/s1. The number of nitrogens with zero attached hydrogens (tertiary/aromatic N) is 5. The molecule has 3 heterocycles. The number of sulfonamides is 1. The minimum absolute atomic E-state index is 0.0825. The Morgan fingerprint density at radius 2 is 2.02 bits per heavy atom. The largest absolute Gasteiger partial charge is 0.488 e. The summed E-state index contributed by atoms with van der Waals surface area (Å²) in [5.41, 5.74) is -0.525. The number of hydrogen-bond donors (Lipinski definition) is 1. The zero-order valence-corrected chi connectivity index (χ0v) is 22.8. The zero-order valence-electron chi connectivity index (χ0n) is 22.0. The lowest BCUT2D eigenvalue weighted by molar-refractivity contribution is -0.139. The van der Waals surface area contributed by atoms with Crippen LogP contribution in [0, 0.1) is 0 Å². The maximum atomic E-state index is 14.0. The van der Waals surface area contributed by atoms with Gasteiger partial charge in [-0.1, -0.05) is 24.3 Å². The fraction of sp³-hybridized carbons (Fsp3) is 0.462. The van der Waals surface area contributed by atoms with E-state index < -0.39 is 46.3 Å². The molecule has 0 saturated heterocycles. The van der Waals surface area contributed by atoms with E-state index in [1.165, 1.54) is 12.3 Å². The van der Waals surface area contributed by atoms with Gasteiger partial charge in [0.15, 0.2) is 0 Å². The number of aromatic nitrogens is 4. The number of aryl methyl sites for hydroxylation is 2. The second-order valence-electron chi connectivity index (χ2n) is 9.53. The number of carbonyl (C=O) groups is 1. The third-order valence-electron chi connectivity index (χ3n) is 6.84. The molecule has 216 valence electrons. The molecule has 0 radical (unpaired) electrons. The van der Waals surface area contributed by atoms with Crippen LogP contribution in [0.4, 0.5) is 13.2 Å². The van der Waals surface area contributed by atoms with E-state index in [4.69, 9.17) is 4.74 Å². The molecule has 2 atom stereocenters. The van der Waals surface area contributed by atoms with E-state index in [2.05, 4.69) is 15.3 Å². The van der Waals surface area contributed by atoms with Crippen molar-refractivity contribution in [3.63, 3.8) is 0 Å². The fourth-order valence-electron chi connectivity index (χ4n) is 4.66. The number of halogens is 3. The van der Waals surface area contributed by atoms with E-state index in [0.29, 0.717) is 31.5 Å². The Kier molecular flexibility index (Phi) is 8.78. The Morgan fingerprint density at radius 3 is 2.67 bits per heavy atom. The second kappa shape index (κ2) is 11.9. The maximum absolute atomic E-state index is 14.0. The van der Waals surface area contributed by atoms with Crippen LogP contribution in [-0.2, 0) is 40.5 Å². The Balaban J connectivity index is 1.66. The summed E-state index contributed by atoms with van der Waals surface area (Å²) in [6, 6.07) is 4.52. The topological polar surface area (TPSA) is 128 Å². The minimum atomic E-state index is -4.78. The van der Waals surface area contributed by atoms with E-state index in [1.54, 1.807) is 17.8 Å². The summed E-state index contributed by atoms with van der Waals surface area (Å²) >= 11 is 0. The van der Waals surface area contributed by atoms with Crippen molar-refractivity contribution in [1.82, 2.24) is 24.3 Å². The highest BCUT2D eigenvalue weighted by Crippen LogP contribution is 2.37. The highest BCUT2D eigenvalue weighted by atomic mass is 32.2. The molecule has 1 unspecified atom stereocenters. The molecule has 1 aliphatic rings. The summed E-state index contributed by atoms with van der Waals surface area (Å²) in [6.45, 7) is 3.52. The van der Waals surface area contributed by atoms with Crippen molar-refractivity contribution in [2.45, 2.75) is 75.7 Å². The molecule has 1 aliphatic heterocycles. The molecular weight excluding hydrogens is 551 g/mol. The Hall–Kier alpha value is -3.52. The van der Waals surface area contributed by atoms with Crippen molar-refractivity contribution in [2.24, 2.45) is 0 Å². The van der Waals surface area contributed by atoms with E-state index in [-0.39, 0.29) is 34.7 Å². The molecule has 4 rings (SSSR count). The lowest BCUT2D eigenvalue weighted by atomic mass is 9.90. The van der Waals surface area contributed by atoms with Crippen molar-refractivity contribution < 1.29 is 36.2 Å². The molecular formula is C26H30F3N5O5S. The predicted octanol–water partition coefficient (Wildman–Crippen LogP) is 4.26. The number of fused-ring (bicyclic) bond motifs is 1. The molecule has 1 N–H and O–H groups in total. The molecule has 0 saturated carbocycles. The van der Waals surface area contributed by atoms with E-state index in [1.807, 2.05) is 6.92 Å². The number of alkyl halides is 3. The molecule has 14 heteroatoms. The highest BCUT2D eigenvalue weighted by Gasteiger charge is 2.38. The van der Waals surface area contributed by atoms with Crippen LogP contribution in [0.1, 0.15) is 61.4 Å². The first-order chi connectivity index (χ1) is 18.9. The number of rotatable bonds is 10. The molecule has 3 aromatic rings. The maximum Gasteiger partial charge on any atom is 0.416 e. The summed E-state index contributed by atoms with van der Waals surface area (Å²) in [5.74, 6) is -2.21. The summed E-state index contributed by atoms with van der Waals surface area (Å²) < 4.78 is 77.5. The molecule has 2 aromatic heterocycles. The van der Waals surface area contributed by atoms with Crippen molar-refractivity contribution in [2.75, 3.05) is 6.54 Å². The van der Waals surface area contributed by atoms with Crippen molar-refractivity contribution >= 4 is 16.0 Å². The van der Waals surface area contributed by atoms with Gasteiger partial charge in [-0.2, -0.15) is 17.5 Å². The lowest BCUT2D eigenvalue weighted by Gasteiger charge is -2.25. The van der Waals surface area contributed by atoms with Crippen molar-refractivity contribution in [3.05, 3.63) is 65.2 Å². The van der Waals surface area contributed by atoms with Crippen LogP contribution in [0.3, 0.4) is 0 Å². The molecule has 10 nitrogen and oxygen atoms in total. The van der Waals surface area contributed by atoms with Gasteiger partial charge < -0.3 is 9.84 Å². The van der Waals surface area contributed by atoms with Crippen LogP contribution in [0.2, 0.25) is 0 Å². The van der Waals surface area contributed by atoms with Crippen LogP contribution in [0.15, 0.2) is 47.8 Å².